The lowest BCUT2D eigenvalue weighted by molar-refractivity contribution is -0.137. The molecule has 0 aliphatic carbocycles. The normalized spacial score (nSPS) is 11.8. The molecule has 0 aliphatic heterocycles. The number of hydrogen-bond acceptors (Lipinski definition) is 4. The molecule has 3 N–H and O–H groups in total. The number of aromatic nitrogens is 1. The summed E-state index contributed by atoms with van der Waals surface area (Å²) in [6.45, 7) is 1.80. The molecule has 1 heterocycles. The summed E-state index contributed by atoms with van der Waals surface area (Å²) in [7, 11) is 0. The van der Waals surface area contributed by atoms with Gasteiger partial charge in [0.25, 0.3) is 5.91 Å². The number of hydrogen-bond donors (Lipinski definition) is 3. The van der Waals surface area contributed by atoms with E-state index < -0.39 is 5.97 Å². The molecule has 0 saturated carbocycles. The smallest absolute Gasteiger partial charge is 0.303 e. The summed E-state index contributed by atoms with van der Waals surface area (Å²) >= 11 is 0. The van der Waals surface area contributed by atoms with Crippen LogP contribution in [-0.2, 0) is 4.79 Å². The second kappa shape index (κ2) is 6.59. The van der Waals surface area contributed by atoms with E-state index in [1.807, 2.05) is 0 Å². The Morgan fingerprint density at radius 2 is 2.06 bits per heavy atom. The van der Waals surface area contributed by atoms with Gasteiger partial charge in [0, 0.05) is 30.4 Å². The second-order valence-corrected chi connectivity index (χ2v) is 3.67. The number of pyridine rings is 1. The minimum atomic E-state index is -0.848. The third-order valence-corrected chi connectivity index (χ3v) is 2.17. The third kappa shape index (κ3) is 5.07. The first-order chi connectivity index (χ1) is 8.09. The topological polar surface area (TPSA) is 91.3 Å². The molecule has 92 valence electrons. The Bertz CT molecular complexity index is 381. The van der Waals surface area contributed by atoms with E-state index in [0.29, 0.717) is 12.0 Å². The van der Waals surface area contributed by atoms with Crippen LogP contribution in [0.4, 0.5) is 0 Å². The minimum Gasteiger partial charge on any atom is -0.481 e. The maximum Gasteiger partial charge on any atom is 0.303 e. The van der Waals surface area contributed by atoms with Gasteiger partial charge in [-0.2, -0.15) is 0 Å². The second-order valence-electron chi connectivity index (χ2n) is 3.67. The summed E-state index contributed by atoms with van der Waals surface area (Å²) in [5.41, 5.74) is 5.76. The molecule has 6 heteroatoms. The van der Waals surface area contributed by atoms with Gasteiger partial charge >= 0.3 is 5.97 Å². The van der Waals surface area contributed by atoms with Crippen molar-refractivity contribution in [2.24, 2.45) is 0 Å². The lowest BCUT2D eigenvalue weighted by Crippen LogP contribution is -2.43. The van der Waals surface area contributed by atoms with E-state index >= 15 is 0 Å². The Morgan fingerprint density at radius 3 is 2.65 bits per heavy atom. The highest BCUT2D eigenvalue weighted by Gasteiger charge is 2.08. The summed E-state index contributed by atoms with van der Waals surface area (Å²) < 4.78 is 0. The first-order valence-corrected chi connectivity index (χ1v) is 5.27. The quantitative estimate of drug-likeness (QED) is 0.629. The van der Waals surface area contributed by atoms with Crippen molar-refractivity contribution in [2.45, 2.75) is 25.8 Å². The van der Waals surface area contributed by atoms with E-state index in [-0.39, 0.29) is 18.4 Å². The number of nitrogens with one attached hydrogen (secondary N) is 2. The molecule has 0 fully saturated rings. The van der Waals surface area contributed by atoms with E-state index in [1.54, 1.807) is 19.1 Å². The zero-order valence-electron chi connectivity index (χ0n) is 9.51. The van der Waals surface area contributed by atoms with Gasteiger partial charge in [-0.05, 0) is 25.5 Å². The number of nitrogens with zero attached hydrogens (tertiary/aromatic N) is 1. The van der Waals surface area contributed by atoms with E-state index in [2.05, 4.69) is 15.8 Å². The number of carboxylic acids is 1. The SMILES string of the molecule is CC(CCC(=O)O)NNC(=O)c1ccncc1. The highest BCUT2D eigenvalue weighted by molar-refractivity contribution is 5.93. The summed E-state index contributed by atoms with van der Waals surface area (Å²) in [5.74, 6) is -1.12. The van der Waals surface area contributed by atoms with Crippen molar-refractivity contribution in [3.8, 4) is 0 Å². The molecule has 0 aromatic carbocycles. The number of rotatable bonds is 6. The fourth-order valence-corrected chi connectivity index (χ4v) is 1.18. The number of amides is 1. The lowest BCUT2D eigenvalue weighted by Gasteiger charge is -2.13. The molecule has 17 heavy (non-hydrogen) atoms. The molecule has 1 aromatic heterocycles. The summed E-state index contributed by atoms with van der Waals surface area (Å²) in [6, 6.07) is 3.09. The summed E-state index contributed by atoms with van der Waals surface area (Å²) in [4.78, 5) is 25.7. The molecule has 1 atom stereocenters. The molecule has 0 spiro atoms. The van der Waals surface area contributed by atoms with Crippen molar-refractivity contribution in [3.05, 3.63) is 30.1 Å². The number of carbonyl (C=O) groups is 2. The molecule has 0 bridgehead atoms. The highest BCUT2D eigenvalue weighted by Crippen LogP contribution is 1.97. The van der Waals surface area contributed by atoms with E-state index in [4.69, 9.17) is 5.11 Å². The first-order valence-electron chi connectivity index (χ1n) is 5.27. The van der Waals surface area contributed by atoms with E-state index in [9.17, 15) is 9.59 Å². The van der Waals surface area contributed by atoms with Gasteiger partial charge in [-0.1, -0.05) is 0 Å². The molecule has 1 rings (SSSR count). The molecule has 0 aliphatic rings. The van der Waals surface area contributed by atoms with Gasteiger partial charge in [0.1, 0.15) is 0 Å². The molecule has 6 nitrogen and oxygen atoms in total. The van der Waals surface area contributed by atoms with Crippen molar-refractivity contribution in [3.63, 3.8) is 0 Å². The first kappa shape index (κ1) is 13.1. The molecule has 1 amide bonds. The number of carbonyl (C=O) groups excluding carboxylic acids is 1. The Kier molecular flexibility index (Phi) is 5.09. The number of carboxylic acid groups (broad SMARTS) is 1. The average molecular weight is 237 g/mol. The Labute approximate surface area is 99.0 Å². The highest BCUT2D eigenvalue weighted by atomic mass is 16.4. The van der Waals surface area contributed by atoms with Crippen LogP contribution in [0.2, 0.25) is 0 Å². The van der Waals surface area contributed by atoms with Crippen LogP contribution < -0.4 is 10.9 Å². The predicted octanol–water partition coefficient (Wildman–Crippen LogP) is 0.569. The fraction of sp³-hybridized carbons (Fsp3) is 0.364. The maximum atomic E-state index is 11.6. The van der Waals surface area contributed by atoms with Crippen LogP contribution in [0.15, 0.2) is 24.5 Å². The van der Waals surface area contributed by atoms with Crippen LogP contribution >= 0.6 is 0 Å². The van der Waals surface area contributed by atoms with Gasteiger partial charge in [-0.15, -0.1) is 0 Å². The van der Waals surface area contributed by atoms with Crippen LogP contribution in [0.3, 0.4) is 0 Å². The molecule has 1 unspecified atom stereocenters. The Hall–Kier alpha value is -1.95. The van der Waals surface area contributed by atoms with Crippen LogP contribution in [0.5, 0.6) is 0 Å². The van der Waals surface area contributed by atoms with Gasteiger partial charge in [-0.3, -0.25) is 20.0 Å². The van der Waals surface area contributed by atoms with Crippen LogP contribution in [0, 0.1) is 0 Å². The largest absolute Gasteiger partial charge is 0.481 e. The van der Waals surface area contributed by atoms with Crippen LogP contribution in [0.1, 0.15) is 30.1 Å². The molecular formula is C11H15N3O3. The molecule has 0 radical (unpaired) electrons. The van der Waals surface area contributed by atoms with Gasteiger partial charge < -0.3 is 5.11 Å². The van der Waals surface area contributed by atoms with Crippen molar-refractivity contribution >= 4 is 11.9 Å². The van der Waals surface area contributed by atoms with E-state index in [0.717, 1.165) is 0 Å². The lowest BCUT2D eigenvalue weighted by atomic mass is 10.2. The maximum absolute atomic E-state index is 11.6. The zero-order chi connectivity index (χ0) is 12.7. The molecule has 1 aromatic rings. The van der Waals surface area contributed by atoms with Crippen molar-refractivity contribution in [2.75, 3.05) is 0 Å². The summed E-state index contributed by atoms with van der Waals surface area (Å²) in [6.07, 6.45) is 3.58. The summed E-state index contributed by atoms with van der Waals surface area (Å²) in [5, 5.41) is 8.50. The Balaban J connectivity index is 2.31. The van der Waals surface area contributed by atoms with Crippen LogP contribution in [-0.4, -0.2) is 28.0 Å². The van der Waals surface area contributed by atoms with Crippen molar-refractivity contribution in [1.29, 1.82) is 0 Å². The number of hydrazine groups is 1. The number of aliphatic carboxylic acids is 1. The van der Waals surface area contributed by atoms with Gasteiger partial charge in [-0.25, -0.2) is 5.43 Å². The van der Waals surface area contributed by atoms with Crippen LogP contribution in [0.25, 0.3) is 0 Å². The molecule has 0 saturated heterocycles. The molecular weight excluding hydrogens is 222 g/mol. The Morgan fingerprint density at radius 1 is 1.41 bits per heavy atom. The van der Waals surface area contributed by atoms with Crippen molar-refractivity contribution in [1.82, 2.24) is 15.8 Å². The standard InChI is InChI=1S/C11H15N3O3/c1-8(2-3-10(15)16)13-14-11(17)9-4-6-12-7-5-9/h4-8,13H,2-3H2,1H3,(H,14,17)(H,15,16). The van der Waals surface area contributed by atoms with Gasteiger partial charge in [0.05, 0.1) is 0 Å². The van der Waals surface area contributed by atoms with Gasteiger partial charge in [0.15, 0.2) is 0 Å². The predicted molar refractivity (Wildman–Crippen MR) is 61.2 cm³/mol. The minimum absolute atomic E-state index is 0.0687. The van der Waals surface area contributed by atoms with Crippen molar-refractivity contribution < 1.29 is 14.7 Å². The average Bonchev–Trinajstić information content (AvgIpc) is 2.34. The zero-order valence-corrected chi connectivity index (χ0v) is 9.51. The van der Waals surface area contributed by atoms with Gasteiger partial charge in [0.2, 0.25) is 0 Å². The third-order valence-electron chi connectivity index (χ3n) is 2.17. The monoisotopic (exact) mass is 237 g/mol. The van der Waals surface area contributed by atoms with E-state index in [1.165, 1.54) is 12.4 Å². The fourth-order valence-electron chi connectivity index (χ4n) is 1.18.